The van der Waals surface area contributed by atoms with Gasteiger partial charge in [-0.1, -0.05) is 13.8 Å². The van der Waals surface area contributed by atoms with Gasteiger partial charge >= 0.3 is 0 Å². The van der Waals surface area contributed by atoms with Gasteiger partial charge in [-0.15, -0.1) is 45.3 Å². The van der Waals surface area contributed by atoms with E-state index in [0.29, 0.717) is 34.7 Å². The van der Waals surface area contributed by atoms with E-state index < -0.39 is 0 Å². The van der Waals surface area contributed by atoms with Gasteiger partial charge < -0.3 is 23.2 Å². The lowest BCUT2D eigenvalue weighted by molar-refractivity contribution is 0.319. The second-order valence-electron chi connectivity index (χ2n) is 11.3. The highest BCUT2D eigenvalue weighted by Gasteiger charge is 2.27. The van der Waals surface area contributed by atoms with Gasteiger partial charge in [0, 0.05) is 33.3 Å². The van der Waals surface area contributed by atoms with E-state index in [1.165, 1.54) is 32.1 Å². The first-order chi connectivity index (χ1) is 24.3. The topological polar surface area (TPSA) is 153 Å². The molecule has 0 N–H and O–H groups in total. The first kappa shape index (κ1) is 33.1. The Labute approximate surface area is 302 Å². The van der Waals surface area contributed by atoms with E-state index >= 15 is 0 Å². The standard InChI is InChI=1S/C35H27N9O2S4/c1-6-8-45-22-12-26(40-18(14-36)15-37)49-32(22)20-10-24-28(42(20)3)30-34(47-24)35-31(44(30)5)29-25(48-35)11-21(43(29)4)33-23(46-9-7-2)13-27(50-33)41-19(16-38)17-39/h10-13H,6-9H2,1-5H3. The van der Waals surface area contributed by atoms with Crippen LogP contribution in [0.4, 0.5) is 10.0 Å². The third kappa shape index (κ3) is 5.24. The Kier molecular flexibility index (Phi) is 8.69. The van der Waals surface area contributed by atoms with Crippen molar-refractivity contribution >= 4 is 108 Å². The number of fused-ring (bicyclic) bond motifs is 7. The summed E-state index contributed by atoms with van der Waals surface area (Å²) in [5.41, 5.74) is 6.08. The van der Waals surface area contributed by atoms with Gasteiger partial charge in [0.15, 0.2) is 0 Å². The highest BCUT2D eigenvalue weighted by atomic mass is 32.1. The Morgan fingerprint density at radius 2 is 1.00 bits per heavy atom. The first-order valence-corrected chi connectivity index (χ1v) is 18.8. The molecule has 0 aliphatic carbocycles. The van der Waals surface area contributed by atoms with Crippen molar-refractivity contribution in [1.82, 2.24) is 13.7 Å². The molecule has 7 rings (SSSR count). The van der Waals surface area contributed by atoms with Crippen molar-refractivity contribution in [1.29, 1.82) is 21.0 Å². The predicted octanol–water partition coefficient (Wildman–Crippen LogP) is 9.71. The fourth-order valence-electron chi connectivity index (χ4n) is 6.07. The minimum atomic E-state index is -0.196. The third-order valence-electron chi connectivity index (χ3n) is 8.20. The maximum atomic E-state index is 9.27. The minimum Gasteiger partial charge on any atom is -0.492 e. The number of nitrogens with zero attached hydrogens (tertiary/aromatic N) is 9. The molecule has 15 heteroatoms. The summed E-state index contributed by atoms with van der Waals surface area (Å²) in [4.78, 5) is 10.3. The van der Waals surface area contributed by atoms with Crippen LogP contribution in [0.2, 0.25) is 0 Å². The monoisotopic (exact) mass is 733 g/mol. The van der Waals surface area contributed by atoms with Crippen LogP contribution in [0.5, 0.6) is 11.5 Å². The number of nitriles is 4. The molecule has 7 aromatic rings. The van der Waals surface area contributed by atoms with Gasteiger partial charge in [0.25, 0.3) is 0 Å². The van der Waals surface area contributed by atoms with Crippen LogP contribution in [0.25, 0.3) is 62.0 Å². The Morgan fingerprint density at radius 1 is 0.600 bits per heavy atom. The number of aromatic nitrogens is 3. The molecule has 11 nitrogen and oxygen atoms in total. The Morgan fingerprint density at radius 3 is 1.36 bits per heavy atom. The van der Waals surface area contributed by atoms with Crippen molar-refractivity contribution in [2.45, 2.75) is 26.7 Å². The molecule has 0 spiro atoms. The van der Waals surface area contributed by atoms with Crippen LogP contribution < -0.4 is 9.47 Å². The zero-order chi connectivity index (χ0) is 35.3. The van der Waals surface area contributed by atoms with Gasteiger partial charge in [0.1, 0.15) is 45.8 Å². The van der Waals surface area contributed by atoms with Crippen LogP contribution in [0, 0.1) is 45.3 Å². The lowest BCUT2D eigenvalue weighted by atomic mass is 10.3. The van der Waals surface area contributed by atoms with Crippen LogP contribution in [0.1, 0.15) is 26.7 Å². The van der Waals surface area contributed by atoms with E-state index in [-0.39, 0.29) is 11.4 Å². The van der Waals surface area contributed by atoms with E-state index in [1.807, 2.05) is 38.1 Å². The second kappa shape index (κ2) is 13.1. The van der Waals surface area contributed by atoms with Crippen molar-refractivity contribution in [3.8, 4) is 56.9 Å². The normalized spacial score (nSPS) is 11.1. The zero-order valence-corrected chi connectivity index (χ0v) is 30.9. The van der Waals surface area contributed by atoms with Crippen molar-refractivity contribution in [2.75, 3.05) is 13.2 Å². The Balaban J connectivity index is 1.38. The van der Waals surface area contributed by atoms with E-state index in [9.17, 15) is 21.0 Å². The molecular formula is C35H27N9O2S4. The molecule has 7 aromatic heterocycles. The largest absolute Gasteiger partial charge is 0.492 e. The van der Waals surface area contributed by atoms with E-state index in [0.717, 1.165) is 65.5 Å². The van der Waals surface area contributed by atoms with Crippen molar-refractivity contribution in [2.24, 2.45) is 31.1 Å². The summed E-state index contributed by atoms with van der Waals surface area (Å²) >= 11 is 6.33. The molecule has 7 heterocycles. The molecule has 50 heavy (non-hydrogen) atoms. The SMILES string of the molecule is CCCOc1cc(N=C(C#N)C#N)sc1-c1cc2sc3c4sc5cc(-c6sc(N=C(C#N)C#N)cc6OCCC)n(C)c5c4n(C)c3c2n1C. The molecule has 0 saturated carbocycles. The maximum absolute atomic E-state index is 9.27. The molecular weight excluding hydrogens is 707 g/mol. The lowest BCUT2D eigenvalue weighted by Gasteiger charge is -2.08. The molecule has 0 atom stereocenters. The van der Waals surface area contributed by atoms with E-state index in [2.05, 4.69) is 57.0 Å². The number of ether oxygens (including phenoxy) is 2. The molecule has 0 unspecified atom stereocenters. The van der Waals surface area contributed by atoms with Crippen LogP contribution in [-0.4, -0.2) is 38.3 Å². The van der Waals surface area contributed by atoms with Crippen LogP contribution in [0.15, 0.2) is 34.3 Å². The lowest BCUT2D eigenvalue weighted by Crippen LogP contribution is -1.98. The Hall–Kier alpha value is -5.42. The molecule has 0 aliphatic rings. The van der Waals surface area contributed by atoms with Crippen LogP contribution in [0.3, 0.4) is 0 Å². The van der Waals surface area contributed by atoms with Gasteiger partial charge in [0.2, 0.25) is 11.4 Å². The fraction of sp³-hybridized carbons (Fsp3) is 0.257. The molecule has 0 bridgehead atoms. The van der Waals surface area contributed by atoms with Crippen LogP contribution in [-0.2, 0) is 21.1 Å². The first-order valence-electron chi connectivity index (χ1n) is 15.6. The highest BCUT2D eigenvalue weighted by molar-refractivity contribution is 7.33. The summed E-state index contributed by atoms with van der Waals surface area (Å²) in [6, 6.07) is 15.3. The average molecular weight is 734 g/mol. The molecule has 0 radical (unpaired) electrons. The van der Waals surface area contributed by atoms with Gasteiger partial charge in [-0.3, -0.25) is 0 Å². The summed E-state index contributed by atoms with van der Waals surface area (Å²) in [5.74, 6) is 1.37. The smallest absolute Gasteiger partial charge is 0.219 e. The van der Waals surface area contributed by atoms with Gasteiger partial charge in [0.05, 0.1) is 75.2 Å². The van der Waals surface area contributed by atoms with Gasteiger partial charge in [-0.2, -0.15) is 21.0 Å². The summed E-state index contributed by atoms with van der Waals surface area (Å²) in [6.45, 7) is 5.17. The third-order valence-corrected chi connectivity index (χ3v) is 12.7. The summed E-state index contributed by atoms with van der Waals surface area (Å²) in [5, 5.41) is 38.2. The molecule has 0 aromatic carbocycles. The number of hydrogen-bond acceptors (Lipinski definition) is 12. The zero-order valence-electron chi connectivity index (χ0n) is 27.6. The quantitative estimate of drug-likeness (QED) is 0.128. The average Bonchev–Trinajstić information content (AvgIpc) is 3.97. The maximum Gasteiger partial charge on any atom is 0.219 e. The van der Waals surface area contributed by atoms with Crippen LogP contribution >= 0.6 is 45.3 Å². The van der Waals surface area contributed by atoms with Gasteiger partial charge in [-0.25, -0.2) is 9.98 Å². The Bertz CT molecular complexity index is 2510. The number of aliphatic imine (C=N–C) groups is 2. The summed E-state index contributed by atoms with van der Waals surface area (Å²) in [6.07, 6.45) is 1.68. The molecule has 0 amide bonds. The minimum absolute atomic E-state index is 0.196. The number of hydrogen-bond donors (Lipinski definition) is 0. The summed E-state index contributed by atoms with van der Waals surface area (Å²) < 4.78 is 23.7. The second-order valence-corrected chi connectivity index (χ2v) is 15.5. The predicted molar refractivity (Wildman–Crippen MR) is 204 cm³/mol. The van der Waals surface area contributed by atoms with Crippen molar-refractivity contribution in [3.63, 3.8) is 0 Å². The molecule has 248 valence electrons. The van der Waals surface area contributed by atoms with Gasteiger partial charge in [-0.05, 0) is 25.0 Å². The van der Waals surface area contributed by atoms with Crippen molar-refractivity contribution < 1.29 is 9.47 Å². The van der Waals surface area contributed by atoms with E-state index in [4.69, 9.17) is 9.47 Å². The molecule has 0 fully saturated rings. The van der Waals surface area contributed by atoms with Crippen molar-refractivity contribution in [3.05, 3.63) is 24.3 Å². The highest BCUT2D eigenvalue weighted by Crippen LogP contribution is 2.52. The number of rotatable bonds is 10. The fourth-order valence-corrected chi connectivity index (χ4v) is 10.9. The number of aryl methyl sites for hydroxylation is 3. The van der Waals surface area contributed by atoms with E-state index in [1.54, 1.807) is 34.8 Å². The molecule has 0 saturated heterocycles. The summed E-state index contributed by atoms with van der Waals surface area (Å²) in [7, 11) is 6.23. The number of thiophene rings is 4. The molecule has 0 aliphatic heterocycles.